The molecule has 0 atom stereocenters. The summed E-state index contributed by atoms with van der Waals surface area (Å²) >= 11 is 0. The van der Waals surface area contributed by atoms with Gasteiger partial charge in [0.15, 0.2) is 5.76 Å². The Morgan fingerprint density at radius 1 is 1.03 bits per heavy atom. The van der Waals surface area contributed by atoms with Crippen molar-refractivity contribution in [1.29, 1.82) is 0 Å². The Morgan fingerprint density at radius 3 is 2.65 bits per heavy atom. The Bertz CT molecular complexity index is 1200. The molecule has 0 fully saturated rings. The van der Waals surface area contributed by atoms with Crippen molar-refractivity contribution in [3.8, 4) is 11.3 Å². The molecule has 7 heteroatoms. The van der Waals surface area contributed by atoms with E-state index in [0.29, 0.717) is 23.0 Å². The maximum Gasteiger partial charge on any atom is 0.299 e. The Hall–Kier alpha value is -4.13. The van der Waals surface area contributed by atoms with Gasteiger partial charge in [-0.2, -0.15) is 0 Å². The average molecular weight is 413 g/mol. The van der Waals surface area contributed by atoms with Gasteiger partial charge < -0.3 is 20.0 Å². The van der Waals surface area contributed by atoms with Crippen molar-refractivity contribution in [2.75, 3.05) is 29.6 Å². The number of para-hydroxylation sites is 1. The first-order valence-electron chi connectivity index (χ1n) is 9.83. The second-order valence-electron chi connectivity index (χ2n) is 7.29. The highest BCUT2D eigenvalue weighted by atomic mass is 16.4. The van der Waals surface area contributed by atoms with Crippen LogP contribution in [0.2, 0.25) is 0 Å². The lowest BCUT2D eigenvalue weighted by atomic mass is 10.1. The van der Waals surface area contributed by atoms with Gasteiger partial charge in [-0.15, -0.1) is 0 Å². The maximum absolute atomic E-state index is 12.9. The van der Waals surface area contributed by atoms with Crippen LogP contribution in [-0.4, -0.2) is 30.0 Å². The van der Waals surface area contributed by atoms with Crippen LogP contribution in [-0.2, 0) is 0 Å². The van der Waals surface area contributed by atoms with Crippen LogP contribution in [0.4, 0.5) is 23.1 Å². The molecule has 0 unspecified atom stereocenters. The normalized spacial score (nSPS) is 10.5. The van der Waals surface area contributed by atoms with E-state index >= 15 is 0 Å². The van der Waals surface area contributed by atoms with Gasteiger partial charge in [0.05, 0.1) is 11.8 Å². The van der Waals surface area contributed by atoms with E-state index in [4.69, 9.17) is 4.42 Å². The van der Waals surface area contributed by atoms with Crippen LogP contribution in [0.25, 0.3) is 11.3 Å². The van der Waals surface area contributed by atoms with Crippen LogP contribution in [0.3, 0.4) is 0 Å². The SMILES string of the molecule is Cc1ccc(NC(=O)c2ccccc2N(C)C)cc1Nc1ncc(-c2cccnc2)o1. The number of hydrogen-bond acceptors (Lipinski definition) is 6. The number of pyridine rings is 1. The summed E-state index contributed by atoms with van der Waals surface area (Å²) in [6.07, 6.45) is 5.08. The maximum atomic E-state index is 12.9. The zero-order valence-electron chi connectivity index (χ0n) is 17.6. The predicted octanol–water partition coefficient (Wildman–Crippen LogP) is 5.11. The summed E-state index contributed by atoms with van der Waals surface area (Å²) in [5.41, 5.74) is 4.77. The number of aromatic nitrogens is 2. The average Bonchev–Trinajstić information content (AvgIpc) is 3.25. The number of benzene rings is 2. The minimum atomic E-state index is -0.172. The fraction of sp³-hybridized carbons (Fsp3) is 0.125. The van der Waals surface area contributed by atoms with Crippen LogP contribution in [0.5, 0.6) is 0 Å². The van der Waals surface area contributed by atoms with E-state index in [2.05, 4.69) is 20.6 Å². The van der Waals surface area contributed by atoms with Gasteiger partial charge in [0.1, 0.15) is 0 Å². The molecule has 2 heterocycles. The van der Waals surface area contributed by atoms with Crippen LogP contribution >= 0.6 is 0 Å². The highest BCUT2D eigenvalue weighted by Crippen LogP contribution is 2.28. The minimum absolute atomic E-state index is 0.172. The molecule has 2 N–H and O–H groups in total. The molecule has 0 aliphatic heterocycles. The lowest BCUT2D eigenvalue weighted by Gasteiger charge is -2.17. The molecule has 4 aromatic rings. The quantitative estimate of drug-likeness (QED) is 0.457. The fourth-order valence-electron chi connectivity index (χ4n) is 3.18. The van der Waals surface area contributed by atoms with Crippen molar-refractivity contribution in [2.45, 2.75) is 6.92 Å². The first kappa shape index (κ1) is 20.2. The molecular weight excluding hydrogens is 390 g/mol. The van der Waals surface area contributed by atoms with Crippen molar-refractivity contribution in [1.82, 2.24) is 9.97 Å². The number of rotatable bonds is 6. The first-order chi connectivity index (χ1) is 15.0. The molecule has 2 aromatic heterocycles. The number of nitrogens with zero attached hydrogens (tertiary/aromatic N) is 3. The Kier molecular flexibility index (Phi) is 5.66. The highest BCUT2D eigenvalue weighted by Gasteiger charge is 2.14. The number of carbonyl (C=O) groups excluding carboxylic acids is 1. The highest BCUT2D eigenvalue weighted by molar-refractivity contribution is 6.08. The summed E-state index contributed by atoms with van der Waals surface area (Å²) in [4.78, 5) is 23.2. The van der Waals surface area contributed by atoms with Gasteiger partial charge in [-0.1, -0.05) is 18.2 Å². The summed E-state index contributed by atoms with van der Waals surface area (Å²) in [6.45, 7) is 1.97. The Labute approximate surface area is 180 Å². The molecule has 2 aromatic carbocycles. The number of anilines is 4. The summed E-state index contributed by atoms with van der Waals surface area (Å²) in [5.74, 6) is 0.451. The standard InChI is InChI=1S/C24H23N5O2/c1-16-10-11-18(27-23(30)19-8-4-5-9-21(19)29(2)3)13-20(16)28-24-26-15-22(31-24)17-7-6-12-25-14-17/h4-15H,1-3H3,(H,26,28)(H,27,30). The van der Waals surface area contributed by atoms with E-state index in [1.54, 1.807) is 18.6 Å². The van der Waals surface area contributed by atoms with Gasteiger partial charge >= 0.3 is 0 Å². The van der Waals surface area contributed by atoms with Crippen LogP contribution in [0.15, 0.2) is 77.6 Å². The van der Waals surface area contributed by atoms with E-state index in [1.807, 2.05) is 80.5 Å². The zero-order valence-corrected chi connectivity index (χ0v) is 17.6. The van der Waals surface area contributed by atoms with E-state index < -0.39 is 0 Å². The molecule has 0 aliphatic rings. The summed E-state index contributed by atoms with van der Waals surface area (Å²) in [6, 6.07) is 17.3. The molecule has 0 saturated carbocycles. The van der Waals surface area contributed by atoms with Crippen molar-refractivity contribution < 1.29 is 9.21 Å². The third kappa shape index (κ3) is 4.56. The topological polar surface area (TPSA) is 83.3 Å². The number of nitrogens with one attached hydrogen (secondary N) is 2. The number of hydrogen-bond donors (Lipinski definition) is 2. The fourth-order valence-corrected chi connectivity index (χ4v) is 3.18. The van der Waals surface area contributed by atoms with Crippen molar-refractivity contribution in [2.24, 2.45) is 0 Å². The molecule has 0 spiro atoms. The summed E-state index contributed by atoms with van der Waals surface area (Å²) in [7, 11) is 3.83. The molecule has 31 heavy (non-hydrogen) atoms. The molecule has 0 bridgehead atoms. The predicted molar refractivity (Wildman–Crippen MR) is 123 cm³/mol. The third-order valence-corrected chi connectivity index (χ3v) is 4.82. The molecule has 0 aliphatic carbocycles. The molecule has 156 valence electrons. The van der Waals surface area contributed by atoms with E-state index in [0.717, 1.165) is 22.5 Å². The van der Waals surface area contributed by atoms with Gasteiger partial charge in [0, 0.05) is 49.1 Å². The number of oxazole rings is 1. The summed E-state index contributed by atoms with van der Waals surface area (Å²) < 4.78 is 5.81. The van der Waals surface area contributed by atoms with Gasteiger partial charge in [-0.05, 0) is 48.9 Å². The smallest absolute Gasteiger partial charge is 0.299 e. The number of amides is 1. The molecule has 1 amide bonds. The minimum Gasteiger partial charge on any atom is -0.423 e. The van der Waals surface area contributed by atoms with Crippen molar-refractivity contribution in [3.63, 3.8) is 0 Å². The largest absolute Gasteiger partial charge is 0.423 e. The molecular formula is C24H23N5O2. The van der Waals surface area contributed by atoms with Gasteiger partial charge in [0.25, 0.3) is 11.9 Å². The second-order valence-corrected chi connectivity index (χ2v) is 7.29. The van der Waals surface area contributed by atoms with Crippen molar-refractivity contribution in [3.05, 3.63) is 84.3 Å². The molecule has 4 rings (SSSR count). The van der Waals surface area contributed by atoms with Gasteiger partial charge in [-0.25, -0.2) is 4.98 Å². The monoisotopic (exact) mass is 413 g/mol. The van der Waals surface area contributed by atoms with Crippen molar-refractivity contribution >= 4 is 29.0 Å². The Balaban J connectivity index is 1.53. The van der Waals surface area contributed by atoms with E-state index in [-0.39, 0.29) is 5.91 Å². The lowest BCUT2D eigenvalue weighted by molar-refractivity contribution is 0.102. The first-order valence-corrected chi connectivity index (χ1v) is 9.83. The van der Waals surface area contributed by atoms with Gasteiger partial charge in [0.2, 0.25) is 0 Å². The molecule has 0 radical (unpaired) electrons. The molecule has 7 nitrogen and oxygen atoms in total. The zero-order chi connectivity index (χ0) is 21.8. The number of carbonyl (C=O) groups is 1. The summed E-state index contributed by atoms with van der Waals surface area (Å²) in [5, 5.41) is 6.16. The second kappa shape index (κ2) is 8.71. The Morgan fingerprint density at radius 2 is 1.87 bits per heavy atom. The number of aryl methyl sites for hydroxylation is 1. The van der Waals surface area contributed by atoms with Crippen LogP contribution in [0, 0.1) is 6.92 Å². The lowest BCUT2D eigenvalue weighted by Crippen LogP contribution is -2.18. The van der Waals surface area contributed by atoms with E-state index in [9.17, 15) is 4.79 Å². The molecule has 0 saturated heterocycles. The van der Waals surface area contributed by atoms with Gasteiger partial charge in [-0.3, -0.25) is 9.78 Å². The van der Waals surface area contributed by atoms with Crippen LogP contribution in [0.1, 0.15) is 15.9 Å². The van der Waals surface area contributed by atoms with E-state index in [1.165, 1.54) is 0 Å². The third-order valence-electron chi connectivity index (χ3n) is 4.82. The van der Waals surface area contributed by atoms with Crippen LogP contribution < -0.4 is 15.5 Å².